The number of methoxy groups -OCH3 is 1. The van der Waals surface area contributed by atoms with Crippen LogP contribution in [0.4, 0.5) is 13.2 Å². The summed E-state index contributed by atoms with van der Waals surface area (Å²) in [6, 6.07) is 0. The van der Waals surface area contributed by atoms with E-state index in [1.807, 2.05) is 0 Å². The van der Waals surface area contributed by atoms with Crippen LogP contribution >= 0.6 is 0 Å². The summed E-state index contributed by atoms with van der Waals surface area (Å²) in [5.41, 5.74) is 0. The maximum Gasteiger partial charge on any atom is 0.411 e. The van der Waals surface area contributed by atoms with Crippen molar-refractivity contribution in [2.45, 2.75) is 19.0 Å². The van der Waals surface area contributed by atoms with Crippen molar-refractivity contribution in [3.05, 3.63) is 0 Å². The third-order valence-electron chi connectivity index (χ3n) is 2.06. The summed E-state index contributed by atoms with van der Waals surface area (Å²) in [5.74, 6) is 0.618. The first-order valence-corrected chi connectivity index (χ1v) is 6.07. The molecule has 0 aromatic heterocycles. The molecule has 0 aromatic rings. The fraction of sp³-hybridized carbons (Fsp3) is 0.909. The number of guanidine groups is 1. The zero-order valence-electron chi connectivity index (χ0n) is 11.3. The van der Waals surface area contributed by atoms with Crippen LogP contribution in [-0.4, -0.2) is 59.2 Å². The van der Waals surface area contributed by atoms with E-state index < -0.39 is 12.8 Å². The van der Waals surface area contributed by atoms with Crippen LogP contribution in [0.25, 0.3) is 0 Å². The minimum Gasteiger partial charge on any atom is -0.385 e. The molecule has 19 heavy (non-hydrogen) atoms. The second kappa shape index (κ2) is 10.9. The van der Waals surface area contributed by atoms with Crippen LogP contribution in [-0.2, 0) is 9.47 Å². The number of ether oxygens (including phenoxy) is 2. The highest BCUT2D eigenvalue weighted by molar-refractivity contribution is 5.79. The molecule has 0 radical (unpaired) electrons. The zero-order valence-corrected chi connectivity index (χ0v) is 11.3. The molecule has 0 rings (SSSR count). The first-order valence-electron chi connectivity index (χ1n) is 6.07. The largest absolute Gasteiger partial charge is 0.411 e. The predicted octanol–water partition coefficient (Wildman–Crippen LogP) is 1.16. The van der Waals surface area contributed by atoms with Gasteiger partial charge >= 0.3 is 6.18 Å². The zero-order chi connectivity index (χ0) is 14.6. The van der Waals surface area contributed by atoms with E-state index in [0.29, 0.717) is 25.5 Å². The summed E-state index contributed by atoms with van der Waals surface area (Å²) in [4.78, 5) is 3.98. The summed E-state index contributed by atoms with van der Waals surface area (Å²) in [5, 5.41) is 6.04. The average molecular weight is 285 g/mol. The normalized spacial score (nSPS) is 12.6. The van der Waals surface area contributed by atoms with Gasteiger partial charge in [-0.05, 0) is 12.8 Å². The van der Waals surface area contributed by atoms with Gasteiger partial charge in [-0.15, -0.1) is 0 Å². The molecule has 0 unspecified atom stereocenters. The molecule has 0 aromatic carbocycles. The number of nitrogens with one attached hydrogen (secondary N) is 2. The van der Waals surface area contributed by atoms with E-state index in [1.165, 1.54) is 0 Å². The number of alkyl halides is 3. The second-order valence-electron chi connectivity index (χ2n) is 3.79. The number of hydrogen-bond acceptors (Lipinski definition) is 3. The molecule has 0 aliphatic rings. The number of aliphatic imine (C=N–C) groups is 1. The van der Waals surface area contributed by atoms with E-state index in [0.717, 1.165) is 13.0 Å². The Labute approximate surface area is 111 Å². The molecule has 5 nitrogen and oxygen atoms in total. The molecule has 0 aliphatic heterocycles. The van der Waals surface area contributed by atoms with E-state index in [2.05, 4.69) is 20.4 Å². The minimum atomic E-state index is -4.26. The molecule has 0 bridgehead atoms. The maximum absolute atomic E-state index is 11.8. The van der Waals surface area contributed by atoms with Gasteiger partial charge in [-0.2, -0.15) is 13.2 Å². The molecular formula is C11H22F3N3O2. The molecule has 0 atom stereocenters. The van der Waals surface area contributed by atoms with Gasteiger partial charge in [0.15, 0.2) is 5.96 Å². The van der Waals surface area contributed by atoms with Crippen LogP contribution < -0.4 is 10.6 Å². The van der Waals surface area contributed by atoms with Crippen LogP contribution in [0.15, 0.2) is 4.99 Å². The summed E-state index contributed by atoms with van der Waals surface area (Å²) >= 11 is 0. The Morgan fingerprint density at radius 2 is 1.68 bits per heavy atom. The molecule has 0 aliphatic carbocycles. The van der Waals surface area contributed by atoms with Crippen LogP contribution in [0.5, 0.6) is 0 Å². The molecular weight excluding hydrogens is 263 g/mol. The van der Waals surface area contributed by atoms with Crippen LogP contribution in [0.2, 0.25) is 0 Å². The van der Waals surface area contributed by atoms with Crippen molar-refractivity contribution in [2.24, 2.45) is 4.99 Å². The lowest BCUT2D eigenvalue weighted by Crippen LogP contribution is -2.38. The van der Waals surface area contributed by atoms with Crippen LogP contribution in [0.3, 0.4) is 0 Å². The lowest BCUT2D eigenvalue weighted by Gasteiger charge is -2.12. The van der Waals surface area contributed by atoms with Gasteiger partial charge in [-0.3, -0.25) is 4.99 Å². The molecule has 0 saturated heterocycles. The summed E-state index contributed by atoms with van der Waals surface area (Å²) in [6.45, 7) is 0.749. The summed E-state index contributed by atoms with van der Waals surface area (Å²) < 4.78 is 44.7. The highest BCUT2D eigenvalue weighted by atomic mass is 19.4. The highest BCUT2D eigenvalue weighted by Gasteiger charge is 2.27. The number of halogens is 3. The lowest BCUT2D eigenvalue weighted by atomic mass is 10.4. The first kappa shape index (κ1) is 18.0. The van der Waals surface area contributed by atoms with Gasteiger partial charge in [0.25, 0.3) is 0 Å². The lowest BCUT2D eigenvalue weighted by molar-refractivity contribution is -0.173. The summed E-state index contributed by atoms with van der Waals surface area (Å²) in [6.07, 6.45) is -2.92. The van der Waals surface area contributed by atoms with Gasteiger partial charge < -0.3 is 20.1 Å². The second-order valence-corrected chi connectivity index (χ2v) is 3.79. The van der Waals surface area contributed by atoms with Gasteiger partial charge in [0.1, 0.15) is 6.61 Å². The van der Waals surface area contributed by atoms with Crippen molar-refractivity contribution >= 4 is 5.96 Å². The predicted molar refractivity (Wildman–Crippen MR) is 67.3 cm³/mol. The van der Waals surface area contributed by atoms with E-state index in [-0.39, 0.29) is 6.61 Å². The fourth-order valence-corrected chi connectivity index (χ4v) is 1.21. The number of nitrogens with zero attached hydrogens (tertiary/aromatic N) is 1. The van der Waals surface area contributed by atoms with Gasteiger partial charge in [-0.25, -0.2) is 0 Å². The van der Waals surface area contributed by atoms with E-state index in [9.17, 15) is 13.2 Å². The Bertz CT molecular complexity index is 248. The van der Waals surface area contributed by atoms with Gasteiger partial charge in [-0.1, -0.05) is 0 Å². The van der Waals surface area contributed by atoms with Crippen molar-refractivity contribution in [1.82, 2.24) is 10.6 Å². The molecule has 0 spiro atoms. The van der Waals surface area contributed by atoms with Gasteiger partial charge in [0.05, 0.1) is 0 Å². The molecule has 0 saturated carbocycles. The summed E-state index contributed by atoms with van der Waals surface area (Å²) in [7, 11) is 3.26. The first-order chi connectivity index (χ1) is 8.99. The fourth-order valence-electron chi connectivity index (χ4n) is 1.21. The Hall–Kier alpha value is -1.02. The van der Waals surface area contributed by atoms with E-state index in [4.69, 9.17) is 4.74 Å². The minimum absolute atomic E-state index is 0.0627. The molecule has 0 heterocycles. The number of rotatable bonds is 9. The van der Waals surface area contributed by atoms with Crippen molar-refractivity contribution in [1.29, 1.82) is 0 Å². The molecule has 0 amide bonds. The van der Waals surface area contributed by atoms with E-state index >= 15 is 0 Å². The topological polar surface area (TPSA) is 54.9 Å². The van der Waals surface area contributed by atoms with E-state index in [1.54, 1.807) is 14.2 Å². The molecule has 0 fully saturated rings. The smallest absolute Gasteiger partial charge is 0.385 e. The highest BCUT2D eigenvalue weighted by Crippen LogP contribution is 2.14. The van der Waals surface area contributed by atoms with Crippen LogP contribution in [0, 0.1) is 0 Å². The molecule has 114 valence electrons. The van der Waals surface area contributed by atoms with Crippen LogP contribution in [0.1, 0.15) is 12.8 Å². The molecule has 8 heteroatoms. The van der Waals surface area contributed by atoms with Gasteiger partial charge in [0, 0.05) is 40.5 Å². The van der Waals surface area contributed by atoms with Crippen molar-refractivity contribution < 1.29 is 22.6 Å². The SMILES string of the molecule is CN=C(NCCCOC)NCCCOCC(F)(F)F. The third-order valence-corrected chi connectivity index (χ3v) is 2.06. The quantitative estimate of drug-likeness (QED) is 0.379. The third kappa shape index (κ3) is 13.2. The Kier molecular flexibility index (Phi) is 10.3. The van der Waals surface area contributed by atoms with Crippen molar-refractivity contribution in [2.75, 3.05) is 47.1 Å². The average Bonchev–Trinajstić information content (AvgIpc) is 2.34. The Balaban J connectivity index is 3.47. The Morgan fingerprint density at radius 3 is 2.16 bits per heavy atom. The van der Waals surface area contributed by atoms with Crippen molar-refractivity contribution in [3.63, 3.8) is 0 Å². The monoisotopic (exact) mass is 285 g/mol. The van der Waals surface area contributed by atoms with Crippen molar-refractivity contribution in [3.8, 4) is 0 Å². The van der Waals surface area contributed by atoms with Gasteiger partial charge in [0.2, 0.25) is 0 Å². The Morgan fingerprint density at radius 1 is 1.11 bits per heavy atom. The maximum atomic E-state index is 11.8. The molecule has 2 N–H and O–H groups in total. The standard InChI is InChI=1S/C11H22F3N3O2/c1-15-10(16-5-3-7-18-2)17-6-4-8-19-9-11(12,13)14/h3-9H2,1-2H3,(H2,15,16,17). The number of hydrogen-bond donors (Lipinski definition) is 2.